The molecule has 13 heavy (non-hydrogen) atoms. The maximum atomic E-state index is 10.6. The highest BCUT2D eigenvalue weighted by molar-refractivity contribution is 4.87. The van der Waals surface area contributed by atoms with Crippen molar-refractivity contribution in [1.29, 1.82) is 0 Å². The molecule has 3 nitrogen and oxygen atoms in total. The summed E-state index contributed by atoms with van der Waals surface area (Å²) >= 11 is 0. The first-order chi connectivity index (χ1) is 6.31. The second kappa shape index (κ2) is 3.64. The van der Waals surface area contributed by atoms with Gasteiger partial charge in [0.2, 0.25) is 0 Å². The Balaban J connectivity index is 2.06. The minimum atomic E-state index is 0.474. The predicted octanol–water partition coefficient (Wildman–Crippen LogP) is 2.57. The molecule has 0 unspecified atom stereocenters. The molecule has 1 aliphatic carbocycles. The van der Waals surface area contributed by atoms with Crippen LogP contribution >= 0.6 is 0 Å². The van der Waals surface area contributed by atoms with Crippen LogP contribution in [0.4, 0.5) is 0 Å². The molecule has 2 fully saturated rings. The Morgan fingerprint density at radius 2 is 2.08 bits per heavy atom. The molecule has 1 aliphatic heterocycles. The van der Waals surface area contributed by atoms with Gasteiger partial charge < -0.3 is 0 Å². The summed E-state index contributed by atoms with van der Waals surface area (Å²) < 4.78 is 0. The molecule has 2 aliphatic rings. The minimum Gasteiger partial charge on any atom is -0.257 e. The van der Waals surface area contributed by atoms with Gasteiger partial charge in [-0.15, -0.1) is 4.91 Å². The number of hydrogen-bond donors (Lipinski definition) is 0. The SMILES string of the molecule is C[C@@H]1C[C@H]2CCCC[C@H]2N(N=O)C1. The quantitative estimate of drug-likeness (QED) is 0.584. The molecule has 0 aromatic carbocycles. The molecule has 0 amide bonds. The van der Waals surface area contributed by atoms with Crippen LogP contribution in [0.15, 0.2) is 5.29 Å². The lowest BCUT2D eigenvalue weighted by Gasteiger charge is -2.43. The maximum Gasteiger partial charge on any atom is 0.0531 e. The molecule has 0 aromatic heterocycles. The van der Waals surface area contributed by atoms with Gasteiger partial charge in [0, 0.05) is 6.54 Å². The molecule has 3 atom stereocenters. The van der Waals surface area contributed by atoms with Gasteiger partial charge in [0.15, 0.2) is 0 Å². The van der Waals surface area contributed by atoms with Crippen LogP contribution in [-0.4, -0.2) is 17.6 Å². The smallest absolute Gasteiger partial charge is 0.0531 e. The van der Waals surface area contributed by atoms with Crippen molar-refractivity contribution < 1.29 is 0 Å². The van der Waals surface area contributed by atoms with E-state index < -0.39 is 0 Å². The summed E-state index contributed by atoms with van der Waals surface area (Å²) in [6.45, 7) is 3.10. The third-order valence-electron chi connectivity index (χ3n) is 3.56. The Hall–Kier alpha value is -0.600. The molecular weight excluding hydrogens is 164 g/mol. The predicted molar refractivity (Wildman–Crippen MR) is 52.0 cm³/mol. The van der Waals surface area contributed by atoms with Crippen LogP contribution in [0.2, 0.25) is 0 Å². The lowest BCUT2D eigenvalue weighted by Crippen LogP contribution is -2.46. The molecule has 0 spiro atoms. The van der Waals surface area contributed by atoms with Crippen molar-refractivity contribution in [1.82, 2.24) is 5.01 Å². The van der Waals surface area contributed by atoms with E-state index in [0.29, 0.717) is 12.0 Å². The van der Waals surface area contributed by atoms with Gasteiger partial charge >= 0.3 is 0 Å². The lowest BCUT2D eigenvalue weighted by atomic mass is 9.76. The molecule has 0 N–H and O–H groups in total. The molecule has 0 aromatic rings. The zero-order valence-corrected chi connectivity index (χ0v) is 8.28. The van der Waals surface area contributed by atoms with Gasteiger partial charge in [-0.1, -0.05) is 19.8 Å². The van der Waals surface area contributed by atoms with Gasteiger partial charge in [0.25, 0.3) is 0 Å². The van der Waals surface area contributed by atoms with Crippen LogP contribution in [0, 0.1) is 16.7 Å². The molecule has 0 radical (unpaired) electrons. The Morgan fingerprint density at radius 1 is 1.31 bits per heavy atom. The first-order valence-corrected chi connectivity index (χ1v) is 5.41. The van der Waals surface area contributed by atoms with E-state index in [1.54, 1.807) is 5.01 Å². The summed E-state index contributed by atoms with van der Waals surface area (Å²) in [6.07, 6.45) is 6.42. The molecule has 74 valence electrons. The van der Waals surface area contributed by atoms with Crippen molar-refractivity contribution in [3.8, 4) is 0 Å². The average Bonchev–Trinajstić information content (AvgIpc) is 2.16. The third-order valence-corrected chi connectivity index (χ3v) is 3.56. The Bertz CT molecular complexity index is 195. The average molecular weight is 182 g/mol. The van der Waals surface area contributed by atoms with Gasteiger partial charge in [-0.25, -0.2) is 0 Å². The molecule has 2 rings (SSSR count). The summed E-state index contributed by atoms with van der Waals surface area (Å²) in [6, 6.07) is 0.474. The van der Waals surface area contributed by atoms with Gasteiger partial charge in [-0.3, -0.25) is 5.01 Å². The van der Waals surface area contributed by atoms with E-state index in [9.17, 15) is 4.91 Å². The van der Waals surface area contributed by atoms with E-state index in [4.69, 9.17) is 0 Å². The topological polar surface area (TPSA) is 32.7 Å². The Morgan fingerprint density at radius 3 is 2.85 bits per heavy atom. The second-order valence-electron chi connectivity index (χ2n) is 4.66. The number of hydrogen-bond acceptors (Lipinski definition) is 2. The van der Waals surface area contributed by atoms with Crippen molar-refractivity contribution >= 4 is 0 Å². The van der Waals surface area contributed by atoms with Gasteiger partial charge in [-0.2, -0.15) is 0 Å². The lowest BCUT2D eigenvalue weighted by molar-refractivity contribution is 0.0342. The number of rotatable bonds is 1. The van der Waals surface area contributed by atoms with Crippen LogP contribution in [0.1, 0.15) is 39.0 Å². The van der Waals surface area contributed by atoms with Crippen molar-refractivity contribution in [3.05, 3.63) is 4.91 Å². The fourth-order valence-electron chi connectivity index (χ4n) is 3.00. The molecule has 3 heteroatoms. The highest BCUT2D eigenvalue weighted by atomic mass is 16.3. The van der Waals surface area contributed by atoms with Crippen LogP contribution in [0.25, 0.3) is 0 Å². The molecule has 1 saturated carbocycles. The van der Waals surface area contributed by atoms with E-state index in [2.05, 4.69) is 12.2 Å². The van der Waals surface area contributed by atoms with Gasteiger partial charge in [0.1, 0.15) is 0 Å². The van der Waals surface area contributed by atoms with Crippen LogP contribution < -0.4 is 0 Å². The highest BCUT2D eigenvalue weighted by Gasteiger charge is 2.36. The largest absolute Gasteiger partial charge is 0.257 e. The standard InChI is InChI=1S/C10H18N2O/c1-8-6-9-4-2-3-5-10(9)12(7-8)11-13/h8-10H,2-7H2,1H3/t8-,9-,10-/m1/s1. The van der Waals surface area contributed by atoms with E-state index in [1.165, 1.54) is 32.1 Å². The third kappa shape index (κ3) is 1.69. The highest BCUT2D eigenvalue weighted by Crippen LogP contribution is 2.37. The van der Waals surface area contributed by atoms with Crippen molar-refractivity contribution in [3.63, 3.8) is 0 Å². The van der Waals surface area contributed by atoms with Crippen molar-refractivity contribution in [2.45, 2.75) is 45.1 Å². The zero-order valence-electron chi connectivity index (χ0n) is 8.28. The van der Waals surface area contributed by atoms with Crippen molar-refractivity contribution in [2.24, 2.45) is 17.1 Å². The summed E-state index contributed by atoms with van der Waals surface area (Å²) in [7, 11) is 0. The summed E-state index contributed by atoms with van der Waals surface area (Å²) in [5.74, 6) is 1.40. The molecule has 1 heterocycles. The van der Waals surface area contributed by atoms with Gasteiger partial charge in [0.05, 0.1) is 11.3 Å². The number of fused-ring (bicyclic) bond motifs is 1. The van der Waals surface area contributed by atoms with Gasteiger partial charge in [-0.05, 0) is 31.1 Å². The number of piperidine rings is 1. The number of nitrogens with zero attached hydrogens (tertiary/aromatic N) is 2. The maximum absolute atomic E-state index is 10.6. The monoisotopic (exact) mass is 182 g/mol. The molecule has 1 saturated heterocycles. The second-order valence-corrected chi connectivity index (χ2v) is 4.66. The first-order valence-electron chi connectivity index (χ1n) is 5.41. The fourth-order valence-corrected chi connectivity index (χ4v) is 3.00. The molecule has 0 bridgehead atoms. The fraction of sp³-hybridized carbons (Fsp3) is 1.00. The van der Waals surface area contributed by atoms with Crippen LogP contribution in [0.5, 0.6) is 0 Å². The van der Waals surface area contributed by atoms with Crippen LogP contribution in [-0.2, 0) is 0 Å². The Kier molecular flexibility index (Phi) is 2.51. The summed E-state index contributed by atoms with van der Waals surface area (Å²) in [5, 5.41) is 4.97. The normalized spacial score (nSPS) is 39.8. The molecular formula is C10H18N2O. The van der Waals surface area contributed by atoms with E-state index in [-0.39, 0.29) is 0 Å². The summed E-state index contributed by atoms with van der Waals surface area (Å²) in [4.78, 5) is 10.6. The minimum absolute atomic E-state index is 0.474. The van der Waals surface area contributed by atoms with E-state index in [0.717, 1.165) is 12.5 Å². The van der Waals surface area contributed by atoms with Crippen molar-refractivity contribution in [2.75, 3.05) is 6.54 Å². The summed E-state index contributed by atoms with van der Waals surface area (Å²) in [5.41, 5.74) is 0. The Labute approximate surface area is 79.4 Å². The zero-order chi connectivity index (χ0) is 9.26. The van der Waals surface area contributed by atoms with E-state index >= 15 is 0 Å². The van der Waals surface area contributed by atoms with Crippen LogP contribution in [0.3, 0.4) is 0 Å². The first kappa shape index (κ1) is 8.97. The number of nitroso groups, excluding NO2 is 1. The van der Waals surface area contributed by atoms with E-state index in [1.807, 2.05) is 0 Å².